The van der Waals surface area contributed by atoms with Crippen molar-refractivity contribution in [3.8, 4) is 6.07 Å². The van der Waals surface area contributed by atoms with Gasteiger partial charge in [0.1, 0.15) is 6.61 Å². The Hall–Kier alpha value is -2.12. The minimum atomic E-state index is -0.314. The number of nitrogens with one attached hydrogen (secondary N) is 1. The molecule has 0 saturated carbocycles. The van der Waals surface area contributed by atoms with E-state index in [0.29, 0.717) is 6.42 Å². The second kappa shape index (κ2) is 6.72. The molecule has 1 fully saturated rings. The molecule has 0 aliphatic carbocycles. The Bertz CT molecular complexity index is 521. The van der Waals surface area contributed by atoms with Crippen molar-refractivity contribution in [3.63, 3.8) is 0 Å². The van der Waals surface area contributed by atoms with Crippen LogP contribution in [0.1, 0.15) is 17.5 Å². The highest BCUT2D eigenvalue weighted by Gasteiger charge is 2.09. The van der Waals surface area contributed by atoms with Gasteiger partial charge in [0.25, 0.3) is 0 Å². The third-order valence-electron chi connectivity index (χ3n) is 3.05. The van der Waals surface area contributed by atoms with Gasteiger partial charge < -0.3 is 10.1 Å². The normalized spacial score (nSPS) is 16.3. The minimum Gasteiger partial charge on any atom is -0.458 e. The number of rotatable bonds is 4. The Balaban J connectivity index is 1.93. The summed E-state index contributed by atoms with van der Waals surface area (Å²) in [6, 6.07) is 9.63. The molecule has 0 radical (unpaired) electrons. The van der Waals surface area contributed by atoms with Crippen LogP contribution in [-0.4, -0.2) is 19.1 Å². The summed E-state index contributed by atoms with van der Waals surface area (Å²) < 4.78 is 5.22. The van der Waals surface area contributed by atoms with Crippen molar-refractivity contribution >= 4 is 5.97 Å². The Morgan fingerprint density at radius 2 is 2.21 bits per heavy atom. The Morgan fingerprint density at radius 3 is 2.89 bits per heavy atom. The van der Waals surface area contributed by atoms with E-state index in [-0.39, 0.29) is 12.6 Å². The molecule has 1 aliphatic heterocycles. The van der Waals surface area contributed by atoms with Crippen LogP contribution in [0.25, 0.3) is 0 Å². The highest BCUT2D eigenvalue weighted by atomic mass is 16.5. The van der Waals surface area contributed by atoms with E-state index in [2.05, 4.69) is 11.4 Å². The van der Waals surface area contributed by atoms with Crippen LogP contribution in [0.4, 0.5) is 0 Å². The maximum Gasteiger partial charge on any atom is 0.331 e. The fraction of sp³-hybridized carbons (Fsp3) is 0.333. The van der Waals surface area contributed by atoms with Crippen LogP contribution in [0.2, 0.25) is 0 Å². The number of nitrogens with zero attached hydrogens (tertiary/aromatic N) is 1. The van der Waals surface area contributed by atoms with E-state index in [1.54, 1.807) is 6.08 Å². The highest BCUT2D eigenvalue weighted by molar-refractivity contribution is 5.83. The lowest BCUT2D eigenvalue weighted by Crippen LogP contribution is -2.07. The summed E-state index contributed by atoms with van der Waals surface area (Å²) in [4.78, 5) is 11.7. The molecule has 1 saturated heterocycles. The van der Waals surface area contributed by atoms with Gasteiger partial charge in [-0.05, 0) is 29.7 Å². The standard InChI is InChI=1S/C15H16N2O2/c16-7-5-13-3-1-2-4-14(13)11-19-15(18)9-12-6-8-17-10-12/h1-4,9,17H,5-6,8,10-11H2. The summed E-state index contributed by atoms with van der Waals surface area (Å²) in [5.41, 5.74) is 2.88. The Labute approximate surface area is 112 Å². The third kappa shape index (κ3) is 3.94. The zero-order valence-electron chi connectivity index (χ0n) is 10.7. The molecule has 0 amide bonds. The molecule has 0 aromatic heterocycles. The van der Waals surface area contributed by atoms with Gasteiger partial charge in [0.15, 0.2) is 0 Å². The molecule has 19 heavy (non-hydrogen) atoms. The lowest BCUT2D eigenvalue weighted by molar-refractivity contribution is -0.139. The highest BCUT2D eigenvalue weighted by Crippen LogP contribution is 2.11. The van der Waals surface area contributed by atoms with Crippen LogP contribution in [0, 0.1) is 11.3 Å². The van der Waals surface area contributed by atoms with Crippen LogP contribution in [-0.2, 0) is 22.6 Å². The van der Waals surface area contributed by atoms with Crippen molar-refractivity contribution in [2.45, 2.75) is 19.4 Å². The van der Waals surface area contributed by atoms with Gasteiger partial charge >= 0.3 is 5.97 Å². The van der Waals surface area contributed by atoms with Crippen LogP contribution in [0.15, 0.2) is 35.9 Å². The molecule has 1 aromatic rings. The largest absolute Gasteiger partial charge is 0.458 e. The molecule has 1 aliphatic rings. The van der Waals surface area contributed by atoms with Crippen molar-refractivity contribution < 1.29 is 9.53 Å². The maximum atomic E-state index is 11.7. The quantitative estimate of drug-likeness (QED) is 0.658. The number of esters is 1. The van der Waals surface area contributed by atoms with E-state index < -0.39 is 0 Å². The average molecular weight is 256 g/mol. The summed E-state index contributed by atoms with van der Waals surface area (Å²) in [7, 11) is 0. The van der Waals surface area contributed by atoms with Gasteiger partial charge in [-0.25, -0.2) is 4.79 Å². The molecular weight excluding hydrogens is 240 g/mol. The molecule has 1 heterocycles. The van der Waals surface area contributed by atoms with E-state index in [4.69, 9.17) is 10.00 Å². The fourth-order valence-electron chi connectivity index (χ4n) is 2.02. The molecule has 0 unspecified atom stereocenters. The molecule has 98 valence electrons. The van der Waals surface area contributed by atoms with Gasteiger partial charge in [0.05, 0.1) is 12.5 Å². The monoisotopic (exact) mass is 256 g/mol. The van der Waals surface area contributed by atoms with Gasteiger partial charge in [0.2, 0.25) is 0 Å². The summed E-state index contributed by atoms with van der Waals surface area (Å²) in [6.45, 7) is 1.90. The molecule has 2 rings (SSSR count). The van der Waals surface area contributed by atoms with Gasteiger partial charge in [-0.2, -0.15) is 5.26 Å². The average Bonchev–Trinajstić information content (AvgIpc) is 2.91. The van der Waals surface area contributed by atoms with E-state index in [1.807, 2.05) is 24.3 Å². The SMILES string of the molecule is N#CCc1ccccc1COC(=O)C=C1CCNC1. The lowest BCUT2D eigenvalue weighted by atomic mass is 10.1. The number of nitriles is 1. The zero-order valence-corrected chi connectivity index (χ0v) is 10.7. The molecule has 1 aromatic carbocycles. The van der Waals surface area contributed by atoms with Gasteiger partial charge in [-0.15, -0.1) is 0 Å². The first-order chi connectivity index (χ1) is 9.29. The van der Waals surface area contributed by atoms with Crippen LogP contribution >= 0.6 is 0 Å². The van der Waals surface area contributed by atoms with Crippen molar-refractivity contribution in [1.29, 1.82) is 5.26 Å². The van der Waals surface area contributed by atoms with E-state index in [0.717, 1.165) is 36.2 Å². The Kier molecular flexibility index (Phi) is 4.71. The summed E-state index contributed by atoms with van der Waals surface area (Å²) in [5.74, 6) is -0.314. The molecule has 0 bridgehead atoms. The number of benzene rings is 1. The first-order valence-corrected chi connectivity index (χ1v) is 6.30. The summed E-state index contributed by atoms with van der Waals surface area (Å²) >= 11 is 0. The van der Waals surface area contributed by atoms with Crippen LogP contribution in [0.5, 0.6) is 0 Å². The second-order valence-corrected chi connectivity index (χ2v) is 4.44. The van der Waals surface area contributed by atoms with Crippen molar-refractivity contribution in [3.05, 3.63) is 47.0 Å². The smallest absolute Gasteiger partial charge is 0.331 e. The topological polar surface area (TPSA) is 62.1 Å². The van der Waals surface area contributed by atoms with Crippen LogP contribution in [0.3, 0.4) is 0 Å². The molecular formula is C15H16N2O2. The summed E-state index contributed by atoms with van der Waals surface area (Å²) in [5, 5.41) is 11.9. The number of carbonyl (C=O) groups excluding carboxylic acids is 1. The molecule has 0 spiro atoms. The number of hydrogen-bond donors (Lipinski definition) is 1. The van der Waals surface area contributed by atoms with Crippen molar-refractivity contribution in [2.24, 2.45) is 0 Å². The fourth-order valence-corrected chi connectivity index (χ4v) is 2.02. The molecule has 1 N–H and O–H groups in total. The lowest BCUT2D eigenvalue weighted by Gasteiger charge is -2.07. The number of hydrogen-bond acceptors (Lipinski definition) is 4. The van der Waals surface area contributed by atoms with Crippen LogP contribution < -0.4 is 5.32 Å². The predicted octanol–water partition coefficient (Wildman–Crippen LogP) is 1.72. The van der Waals surface area contributed by atoms with E-state index in [1.165, 1.54) is 0 Å². The zero-order chi connectivity index (χ0) is 13.5. The van der Waals surface area contributed by atoms with Crippen molar-refractivity contribution in [1.82, 2.24) is 5.32 Å². The van der Waals surface area contributed by atoms with Crippen molar-refractivity contribution in [2.75, 3.05) is 13.1 Å². The predicted molar refractivity (Wildman–Crippen MR) is 71.1 cm³/mol. The first kappa shape index (κ1) is 13.3. The third-order valence-corrected chi connectivity index (χ3v) is 3.05. The molecule has 4 heteroatoms. The minimum absolute atomic E-state index is 0.216. The number of carbonyl (C=O) groups is 1. The van der Waals surface area contributed by atoms with E-state index in [9.17, 15) is 4.79 Å². The second-order valence-electron chi connectivity index (χ2n) is 4.44. The summed E-state index contributed by atoms with van der Waals surface area (Å²) in [6.07, 6.45) is 2.80. The first-order valence-electron chi connectivity index (χ1n) is 6.30. The Morgan fingerprint density at radius 1 is 1.42 bits per heavy atom. The van der Waals surface area contributed by atoms with Gasteiger partial charge in [-0.3, -0.25) is 0 Å². The maximum absolute atomic E-state index is 11.7. The molecule has 0 atom stereocenters. The van der Waals surface area contributed by atoms with Gasteiger partial charge in [0, 0.05) is 12.6 Å². The van der Waals surface area contributed by atoms with E-state index >= 15 is 0 Å². The molecule has 4 nitrogen and oxygen atoms in total. The number of ether oxygens (including phenoxy) is 1. The van der Waals surface area contributed by atoms with Gasteiger partial charge in [-0.1, -0.05) is 24.3 Å².